The summed E-state index contributed by atoms with van der Waals surface area (Å²) in [6.45, 7) is 7.06. The van der Waals surface area contributed by atoms with Crippen LogP contribution >= 0.6 is 0 Å². The number of nitrogens with two attached hydrogens (primary N) is 1. The molecule has 7 nitrogen and oxygen atoms in total. The zero-order chi connectivity index (χ0) is 25.2. The molecule has 1 aliphatic heterocycles. The van der Waals surface area contributed by atoms with Crippen molar-refractivity contribution >= 4 is 22.5 Å². The van der Waals surface area contributed by atoms with Crippen LogP contribution in [0.5, 0.6) is 5.75 Å². The number of ether oxygens (including phenoxy) is 3. The zero-order valence-electron chi connectivity index (χ0n) is 20.9. The summed E-state index contributed by atoms with van der Waals surface area (Å²) in [4.78, 5) is 27.1. The average Bonchev–Trinajstić information content (AvgIpc) is 2.82. The van der Waals surface area contributed by atoms with Gasteiger partial charge in [0.25, 0.3) is 0 Å². The highest BCUT2D eigenvalue weighted by Gasteiger charge is 2.44. The minimum absolute atomic E-state index is 0.0392. The van der Waals surface area contributed by atoms with Crippen molar-refractivity contribution in [3.05, 3.63) is 64.5 Å². The molecule has 0 saturated carbocycles. The van der Waals surface area contributed by atoms with E-state index in [1.54, 1.807) is 14.0 Å². The molecule has 1 atom stereocenters. The molecule has 2 aromatic rings. The topological polar surface area (TPSA) is 99.9 Å². The van der Waals surface area contributed by atoms with Crippen LogP contribution in [-0.2, 0) is 19.1 Å². The summed E-state index contributed by atoms with van der Waals surface area (Å²) in [6, 6.07) is 11.7. The number of benzene rings is 2. The maximum atomic E-state index is 13.6. The van der Waals surface area contributed by atoms with Crippen LogP contribution in [0.25, 0.3) is 10.8 Å². The van der Waals surface area contributed by atoms with Crippen LogP contribution in [0, 0.1) is 5.41 Å². The molecule has 0 fully saturated rings. The number of allylic oxidation sites excluding steroid dienone is 2. The second-order valence-corrected chi connectivity index (χ2v) is 9.75. The number of dihydropyridines is 1. The molecule has 1 heterocycles. The van der Waals surface area contributed by atoms with E-state index in [1.165, 1.54) is 0 Å². The number of carbonyl (C=O) groups is 2. The van der Waals surface area contributed by atoms with Gasteiger partial charge in [0.2, 0.25) is 0 Å². The van der Waals surface area contributed by atoms with E-state index in [9.17, 15) is 9.59 Å². The summed E-state index contributed by atoms with van der Waals surface area (Å²) in [5, 5.41) is 5.25. The molecule has 0 aromatic heterocycles. The maximum Gasteiger partial charge on any atom is 0.336 e. The lowest BCUT2D eigenvalue weighted by Crippen LogP contribution is -2.40. The highest BCUT2D eigenvalue weighted by molar-refractivity contribution is 6.06. The van der Waals surface area contributed by atoms with Gasteiger partial charge in [-0.2, -0.15) is 0 Å². The van der Waals surface area contributed by atoms with Gasteiger partial charge in [0.05, 0.1) is 38.2 Å². The van der Waals surface area contributed by atoms with E-state index in [1.807, 2.05) is 36.4 Å². The highest BCUT2D eigenvalue weighted by Crippen LogP contribution is 2.48. The summed E-state index contributed by atoms with van der Waals surface area (Å²) in [6.07, 6.45) is 1.10. The van der Waals surface area contributed by atoms with Gasteiger partial charge >= 0.3 is 5.97 Å². The molecule has 0 spiro atoms. The summed E-state index contributed by atoms with van der Waals surface area (Å²) in [5.41, 5.74) is 8.80. The number of hydrogen-bond donors (Lipinski definition) is 2. The number of esters is 1. The first-order valence-corrected chi connectivity index (χ1v) is 12.1. The minimum Gasteiger partial charge on any atom is -0.496 e. The maximum absolute atomic E-state index is 13.6. The van der Waals surface area contributed by atoms with E-state index in [4.69, 9.17) is 19.9 Å². The second kappa shape index (κ2) is 10.2. The quantitative estimate of drug-likeness (QED) is 0.437. The van der Waals surface area contributed by atoms with Crippen molar-refractivity contribution in [2.45, 2.75) is 39.5 Å². The molecular formula is C28H34N2O5. The molecule has 2 aliphatic rings. The monoisotopic (exact) mass is 478 g/mol. The molecule has 1 unspecified atom stereocenters. The Balaban J connectivity index is 1.99. The van der Waals surface area contributed by atoms with Crippen LogP contribution in [-0.4, -0.2) is 45.2 Å². The molecule has 3 N–H and O–H groups in total. The Morgan fingerprint density at radius 2 is 1.89 bits per heavy atom. The van der Waals surface area contributed by atoms with Crippen LogP contribution in [0.1, 0.15) is 45.1 Å². The first-order chi connectivity index (χ1) is 16.8. The molecule has 186 valence electrons. The fourth-order valence-electron chi connectivity index (χ4n) is 5.21. The van der Waals surface area contributed by atoms with Crippen LogP contribution in [0.3, 0.4) is 0 Å². The number of nitrogens with one attached hydrogen (secondary N) is 1. The summed E-state index contributed by atoms with van der Waals surface area (Å²) in [5.74, 6) is -0.268. The first-order valence-electron chi connectivity index (χ1n) is 12.1. The third-order valence-electron chi connectivity index (χ3n) is 6.58. The van der Waals surface area contributed by atoms with Crippen LogP contribution in [0.15, 0.2) is 58.9 Å². The largest absolute Gasteiger partial charge is 0.496 e. The van der Waals surface area contributed by atoms with Gasteiger partial charge in [-0.25, -0.2) is 4.79 Å². The van der Waals surface area contributed by atoms with Gasteiger partial charge < -0.3 is 25.3 Å². The SMILES string of the molecule is CCOC(=O)C1=C(COCCN)NC2=C(C(=O)CC(C)(C)C2)C1c1ccc(OC)c2ccccc12. The molecule has 0 radical (unpaired) electrons. The molecule has 4 rings (SSSR count). The van der Waals surface area contributed by atoms with Crippen molar-refractivity contribution in [3.63, 3.8) is 0 Å². The van der Waals surface area contributed by atoms with E-state index in [2.05, 4.69) is 19.2 Å². The molecule has 0 amide bonds. The Morgan fingerprint density at radius 3 is 2.57 bits per heavy atom. The van der Waals surface area contributed by atoms with Crippen molar-refractivity contribution in [2.75, 3.05) is 33.5 Å². The second-order valence-electron chi connectivity index (χ2n) is 9.75. The smallest absolute Gasteiger partial charge is 0.336 e. The van der Waals surface area contributed by atoms with Crippen molar-refractivity contribution in [2.24, 2.45) is 11.1 Å². The molecule has 1 aliphatic carbocycles. The third kappa shape index (κ3) is 4.83. The van der Waals surface area contributed by atoms with Crippen molar-refractivity contribution in [1.29, 1.82) is 0 Å². The van der Waals surface area contributed by atoms with Crippen LogP contribution in [0.4, 0.5) is 0 Å². The van der Waals surface area contributed by atoms with Crippen molar-refractivity contribution in [3.8, 4) is 5.75 Å². The van der Waals surface area contributed by atoms with E-state index < -0.39 is 11.9 Å². The highest BCUT2D eigenvalue weighted by atomic mass is 16.5. The lowest BCUT2D eigenvalue weighted by atomic mass is 9.68. The number of fused-ring (bicyclic) bond motifs is 1. The van der Waals surface area contributed by atoms with E-state index in [-0.39, 0.29) is 24.4 Å². The minimum atomic E-state index is -0.582. The zero-order valence-corrected chi connectivity index (χ0v) is 20.9. The number of hydrogen-bond acceptors (Lipinski definition) is 7. The first kappa shape index (κ1) is 24.9. The van der Waals surface area contributed by atoms with E-state index in [0.717, 1.165) is 27.8 Å². The predicted molar refractivity (Wildman–Crippen MR) is 135 cm³/mol. The third-order valence-corrected chi connectivity index (χ3v) is 6.58. The lowest BCUT2D eigenvalue weighted by molar-refractivity contribution is -0.139. The molecule has 7 heteroatoms. The van der Waals surface area contributed by atoms with Gasteiger partial charge in [0.15, 0.2) is 5.78 Å². The number of carbonyl (C=O) groups excluding carboxylic acids is 2. The average molecular weight is 479 g/mol. The number of ketones is 1. The van der Waals surface area contributed by atoms with Gasteiger partial charge in [0, 0.05) is 35.5 Å². The molecule has 0 saturated heterocycles. The Morgan fingerprint density at radius 1 is 1.14 bits per heavy atom. The number of Topliss-reactive ketones (excluding diaryl/α,β-unsaturated/α-hetero) is 1. The van der Waals surface area contributed by atoms with Gasteiger partial charge in [-0.3, -0.25) is 4.79 Å². The van der Waals surface area contributed by atoms with Gasteiger partial charge in [-0.15, -0.1) is 0 Å². The van der Waals surface area contributed by atoms with Crippen LogP contribution < -0.4 is 15.8 Å². The van der Waals surface area contributed by atoms with E-state index in [0.29, 0.717) is 42.8 Å². The van der Waals surface area contributed by atoms with Crippen molar-refractivity contribution < 1.29 is 23.8 Å². The number of rotatable bonds is 8. The Labute approximate surface area is 206 Å². The normalized spacial score (nSPS) is 19.5. The lowest BCUT2D eigenvalue weighted by Gasteiger charge is -2.40. The van der Waals surface area contributed by atoms with Crippen LogP contribution in [0.2, 0.25) is 0 Å². The summed E-state index contributed by atoms with van der Waals surface area (Å²) < 4.78 is 16.9. The predicted octanol–water partition coefficient (Wildman–Crippen LogP) is 3.97. The van der Waals surface area contributed by atoms with Gasteiger partial charge in [0.1, 0.15) is 5.75 Å². The standard InChI is InChI=1S/C28H34N2O5/c1-5-35-27(32)26-21(16-34-13-12-29)30-20-14-28(2,3)15-22(31)25(20)24(26)19-10-11-23(33-4)18-9-7-6-8-17(18)19/h6-11,24,30H,5,12-16,29H2,1-4H3. The molecule has 2 aromatic carbocycles. The molecule has 0 bridgehead atoms. The van der Waals surface area contributed by atoms with Gasteiger partial charge in [-0.05, 0) is 35.8 Å². The molecular weight excluding hydrogens is 444 g/mol. The summed E-state index contributed by atoms with van der Waals surface area (Å²) >= 11 is 0. The Kier molecular flexibility index (Phi) is 7.28. The fourth-order valence-corrected chi connectivity index (χ4v) is 5.21. The van der Waals surface area contributed by atoms with Gasteiger partial charge in [-0.1, -0.05) is 44.2 Å². The van der Waals surface area contributed by atoms with Crippen molar-refractivity contribution in [1.82, 2.24) is 5.32 Å². The summed E-state index contributed by atoms with van der Waals surface area (Å²) in [7, 11) is 1.64. The Bertz CT molecular complexity index is 1210. The number of methoxy groups -OCH3 is 1. The fraction of sp³-hybridized carbons (Fsp3) is 0.429. The molecule has 35 heavy (non-hydrogen) atoms. The van der Waals surface area contributed by atoms with E-state index >= 15 is 0 Å². The Hall–Kier alpha value is -3.16.